The van der Waals surface area contributed by atoms with Crippen LogP contribution in [0.2, 0.25) is 5.02 Å². The largest absolute Gasteiger partial charge is 0.322 e. The molecule has 7 nitrogen and oxygen atoms in total. The molecule has 0 saturated carbocycles. The number of nitrogens with one attached hydrogen (secondary N) is 1. The average molecular weight is 441 g/mol. The molecular weight excluding hydrogens is 424 g/mol. The van der Waals surface area contributed by atoms with Crippen LogP contribution in [0.3, 0.4) is 0 Å². The summed E-state index contributed by atoms with van der Waals surface area (Å²) in [6.45, 7) is 1.98. The molecule has 3 heterocycles. The lowest BCUT2D eigenvalue weighted by molar-refractivity contribution is 0.102. The summed E-state index contributed by atoms with van der Waals surface area (Å²) in [6.07, 6.45) is 4.67. The minimum absolute atomic E-state index is 0.0875. The van der Waals surface area contributed by atoms with Crippen molar-refractivity contribution in [3.05, 3.63) is 76.1 Å². The van der Waals surface area contributed by atoms with Crippen LogP contribution in [0.5, 0.6) is 0 Å². The quantitative estimate of drug-likeness (QED) is 0.665. The Morgan fingerprint density at radius 1 is 1.10 bits per heavy atom. The van der Waals surface area contributed by atoms with E-state index in [1.54, 1.807) is 24.4 Å². The Labute approximate surface area is 178 Å². The number of hydrogen-bond acceptors (Lipinski definition) is 6. The van der Waals surface area contributed by atoms with E-state index in [1.165, 1.54) is 18.3 Å². The monoisotopic (exact) mass is 440 g/mol. The van der Waals surface area contributed by atoms with Crippen molar-refractivity contribution in [2.45, 2.75) is 18.4 Å². The second-order valence-electron chi connectivity index (χ2n) is 7.04. The van der Waals surface area contributed by atoms with Crippen molar-refractivity contribution in [2.24, 2.45) is 4.99 Å². The van der Waals surface area contributed by atoms with E-state index in [-0.39, 0.29) is 10.6 Å². The summed E-state index contributed by atoms with van der Waals surface area (Å²) >= 11 is 6.38. The number of aliphatic imine (C=N–C) groups is 1. The van der Waals surface area contributed by atoms with E-state index in [0.717, 1.165) is 28.7 Å². The number of pyridine rings is 2. The molecule has 4 rings (SSSR count). The first-order valence-electron chi connectivity index (χ1n) is 9.01. The number of anilines is 1. The van der Waals surface area contributed by atoms with E-state index in [0.29, 0.717) is 22.9 Å². The van der Waals surface area contributed by atoms with Crippen LogP contribution in [0.25, 0.3) is 0 Å². The van der Waals surface area contributed by atoms with E-state index < -0.39 is 15.7 Å². The number of sulfone groups is 1. The number of aryl methyl sites for hydroxylation is 1. The van der Waals surface area contributed by atoms with Gasteiger partial charge in [-0.3, -0.25) is 4.79 Å². The second-order valence-corrected chi connectivity index (χ2v) is 9.41. The highest BCUT2D eigenvalue weighted by molar-refractivity contribution is 7.90. The summed E-state index contributed by atoms with van der Waals surface area (Å²) in [6, 6.07) is 9.91. The summed E-state index contributed by atoms with van der Waals surface area (Å²) in [7, 11) is -3.43. The van der Waals surface area contributed by atoms with Crippen molar-refractivity contribution in [3.8, 4) is 0 Å². The molecule has 1 aliphatic rings. The van der Waals surface area contributed by atoms with Gasteiger partial charge in [-0.25, -0.2) is 23.4 Å². The molecule has 0 spiro atoms. The molecule has 1 amide bonds. The number of fused-ring (bicyclic) bond motifs is 1. The van der Waals surface area contributed by atoms with Crippen molar-refractivity contribution >= 4 is 44.6 Å². The minimum atomic E-state index is -3.43. The third-order valence-corrected chi connectivity index (χ3v) is 5.92. The zero-order valence-corrected chi connectivity index (χ0v) is 17.8. The molecule has 3 aromatic rings. The molecule has 30 heavy (non-hydrogen) atoms. The van der Waals surface area contributed by atoms with E-state index in [4.69, 9.17) is 11.6 Å². The van der Waals surface area contributed by atoms with Gasteiger partial charge in [0.05, 0.1) is 11.3 Å². The third-order valence-electron chi connectivity index (χ3n) is 4.59. The Morgan fingerprint density at radius 3 is 2.60 bits per heavy atom. The van der Waals surface area contributed by atoms with E-state index in [9.17, 15) is 13.2 Å². The molecule has 1 aromatic carbocycles. The number of rotatable bonds is 4. The standard InChI is InChI=1S/C21H17ClN4O3S/c1-12-7-14-8-18(26-20(14)24-10-12)16-9-15(4-5-17(16)22)25-21(27)13-3-6-19(23-11-13)30(2,28)29/h3-7,9-11H,8H2,1-2H3,(H,25,27). The highest BCUT2D eigenvalue weighted by Gasteiger charge is 2.20. The Balaban J connectivity index is 1.56. The van der Waals surface area contributed by atoms with Gasteiger partial charge in [0.15, 0.2) is 20.7 Å². The van der Waals surface area contributed by atoms with Gasteiger partial charge in [-0.1, -0.05) is 17.7 Å². The second kappa shape index (κ2) is 7.62. The lowest BCUT2D eigenvalue weighted by Crippen LogP contribution is -2.13. The van der Waals surface area contributed by atoms with Crippen LogP contribution >= 0.6 is 11.6 Å². The fourth-order valence-corrected chi connectivity index (χ4v) is 3.90. The van der Waals surface area contributed by atoms with Crippen LogP contribution in [0.1, 0.15) is 27.0 Å². The topological polar surface area (TPSA) is 101 Å². The molecule has 9 heteroatoms. The number of benzene rings is 1. The summed E-state index contributed by atoms with van der Waals surface area (Å²) in [4.78, 5) is 25.3. The molecule has 152 valence electrons. The predicted octanol–water partition coefficient (Wildman–Crippen LogP) is 3.77. The van der Waals surface area contributed by atoms with Gasteiger partial charge in [-0.15, -0.1) is 0 Å². The number of nitrogens with zero attached hydrogens (tertiary/aromatic N) is 3. The first-order valence-corrected chi connectivity index (χ1v) is 11.3. The van der Waals surface area contributed by atoms with Crippen molar-refractivity contribution < 1.29 is 13.2 Å². The molecule has 1 aliphatic heterocycles. The lowest BCUT2D eigenvalue weighted by Gasteiger charge is -2.09. The fourth-order valence-electron chi connectivity index (χ4n) is 3.12. The predicted molar refractivity (Wildman–Crippen MR) is 116 cm³/mol. The Morgan fingerprint density at radius 2 is 1.90 bits per heavy atom. The first kappa shape index (κ1) is 20.2. The van der Waals surface area contributed by atoms with Gasteiger partial charge in [0.25, 0.3) is 5.91 Å². The van der Waals surface area contributed by atoms with Crippen LogP contribution in [0, 0.1) is 6.92 Å². The number of carbonyl (C=O) groups excluding carboxylic acids is 1. The maximum atomic E-state index is 12.5. The van der Waals surface area contributed by atoms with Gasteiger partial charge in [-0.2, -0.15) is 0 Å². The molecule has 0 bridgehead atoms. The Kier molecular flexibility index (Phi) is 5.13. The van der Waals surface area contributed by atoms with Gasteiger partial charge in [0.1, 0.15) is 0 Å². The van der Waals surface area contributed by atoms with E-state index >= 15 is 0 Å². The van der Waals surface area contributed by atoms with Crippen molar-refractivity contribution in [1.29, 1.82) is 0 Å². The van der Waals surface area contributed by atoms with Crippen LogP contribution in [0.15, 0.2) is 58.8 Å². The van der Waals surface area contributed by atoms with Gasteiger partial charge in [0.2, 0.25) is 0 Å². The molecule has 0 radical (unpaired) electrons. The van der Waals surface area contributed by atoms with Crippen molar-refractivity contribution in [3.63, 3.8) is 0 Å². The fraction of sp³-hybridized carbons (Fsp3) is 0.143. The Hall–Kier alpha value is -3.10. The molecular formula is C21H17ClN4O3S. The number of aromatic nitrogens is 2. The molecule has 1 N–H and O–H groups in total. The smallest absolute Gasteiger partial charge is 0.257 e. The van der Waals surface area contributed by atoms with E-state index in [1.807, 2.05) is 13.0 Å². The molecule has 0 atom stereocenters. The van der Waals surface area contributed by atoms with Crippen molar-refractivity contribution in [2.75, 3.05) is 11.6 Å². The summed E-state index contributed by atoms with van der Waals surface area (Å²) in [5.41, 5.74) is 4.37. The number of amides is 1. The number of hydrogen-bond donors (Lipinski definition) is 1. The highest BCUT2D eigenvalue weighted by atomic mass is 35.5. The van der Waals surface area contributed by atoms with Gasteiger partial charge in [0, 0.05) is 46.9 Å². The van der Waals surface area contributed by atoms with Gasteiger partial charge < -0.3 is 5.32 Å². The van der Waals surface area contributed by atoms with Gasteiger partial charge >= 0.3 is 0 Å². The minimum Gasteiger partial charge on any atom is -0.322 e. The molecule has 0 fully saturated rings. The zero-order valence-electron chi connectivity index (χ0n) is 16.2. The van der Waals surface area contributed by atoms with Gasteiger partial charge in [-0.05, 0) is 42.8 Å². The number of halogens is 1. The maximum Gasteiger partial charge on any atom is 0.257 e. The van der Waals surface area contributed by atoms with Crippen molar-refractivity contribution in [1.82, 2.24) is 9.97 Å². The number of carbonyl (C=O) groups is 1. The molecule has 2 aromatic heterocycles. The summed E-state index contributed by atoms with van der Waals surface area (Å²) in [5, 5.41) is 3.22. The summed E-state index contributed by atoms with van der Waals surface area (Å²) in [5.74, 6) is 0.267. The van der Waals surface area contributed by atoms with Crippen LogP contribution < -0.4 is 5.32 Å². The van der Waals surface area contributed by atoms with E-state index in [2.05, 4.69) is 20.3 Å². The normalized spacial score (nSPS) is 13.0. The van der Waals surface area contributed by atoms with Crippen LogP contribution in [-0.4, -0.2) is 36.3 Å². The first-order chi connectivity index (χ1) is 14.2. The van der Waals surface area contributed by atoms with Crippen LogP contribution in [0.4, 0.5) is 11.5 Å². The molecule has 0 saturated heterocycles. The third kappa shape index (κ3) is 4.10. The SMILES string of the molecule is Cc1cnc2c(c1)CC(c1cc(NC(=O)c3ccc(S(C)(=O)=O)nc3)ccc1Cl)=N2. The highest BCUT2D eigenvalue weighted by Crippen LogP contribution is 2.31. The van der Waals surface area contributed by atoms with Crippen LogP contribution in [-0.2, 0) is 16.3 Å². The zero-order chi connectivity index (χ0) is 21.5. The average Bonchev–Trinajstić information content (AvgIpc) is 3.11. The molecule has 0 aliphatic carbocycles. The Bertz CT molecular complexity index is 1300. The summed E-state index contributed by atoms with van der Waals surface area (Å²) < 4.78 is 23.0. The molecule has 0 unspecified atom stereocenters. The lowest BCUT2D eigenvalue weighted by atomic mass is 10.0. The maximum absolute atomic E-state index is 12.5.